The van der Waals surface area contributed by atoms with Crippen molar-refractivity contribution >= 4 is 24.0 Å². The van der Waals surface area contributed by atoms with Gasteiger partial charge in [0.05, 0.1) is 12.6 Å². The first-order valence-electron chi connectivity index (χ1n) is 22.4. The van der Waals surface area contributed by atoms with Gasteiger partial charge in [0.25, 0.3) is 0 Å². The van der Waals surface area contributed by atoms with Crippen molar-refractivity contribution in [1.29, 1.82) is 0 Å². The van der Waals surface area contributed by atoms with E-state index < -0.39 is 36.2 Å². The molecule has 0 aromatic heterocycles. The largest absolute Gasteiger partial charge is 0.449 e. The lowest BCUT2D eigenvalue weighted by Gasteiger charge is -2.23. The maximum atomic E-state index is 13.8. The minimum Gasteiger partial charge on any atom is -0.449 e. The monoisotopic (exact) mass is 870 g/mol. The van der Waals surface area contributed by atoms with E-state index in [1.165, 1.54) is 0 Å². The quantitative estimate of drug-likeness (QED) is 0.0516. The van der Waals surface area contributed by atoms with Gasteiger partial charge in [-0.05, 0) is 74.9 Å². The van der Waals surface area contributed by atoms with Crippen LogP contribution in [0.15, 0.2) is 158 Å². The predicted molar refractivity (Wildman–Crippen MR) is 250 cm³/mol. The molecular weight excluding hydrogens is 817 g/mol. The number of benzene rings is 6. The van der Waals surface area contributed by atoms with Gasteiger partial charge in [0.1, 0.15) is 25.3 Å². The third-order valence-electron chi connectivity index (χ3n) is 12.3. The number of hydrogen-bond donors (Lipinski definition) is 5. The second-order valence-corrected chi connectivity index (χ2v) is 16.6. The number of carbonyl (C=O) groups is 4. The highest BCUT2D eigenvalue weighted by Gasteiger charge is 2.32. The molecule has 11 heteroatoms. The number of carbonyl (C=O) groups excluding carboxylic acids is 4. The summed E-state index contributed by atoms with van der Waals surface area (Å²) >= 11 is 0. The molecule has 5 N–H and O–H groups in total. The molecule has 0 heterocycles. The molecule has 11 nitrogen and oxygen atoms in total. The Bertz CT molecular complexity index is 2490. The third kappa shape index (κ3) is 10.9. The van der Waals surface area contributed by atoms with Gasteiger partial charge in [-0.3, -0.25) is 9.59 Å². The van der Waals surface area contributed by atoms with Crippen LogP contribution in [0.25, 0.3) is 22.3 Å². The van der Waals surface area contributed by atoms with Crippen LogP contribution in [-0.2, 0) is 31.9 Å². The molecule has 0 saturated carbocycles. The van der Waals surface area contributed by atoms with Crippen molar-refractivity contribution in [2.45, 2.75) is 62.1 Å². The highest BCUT2D eigenvalue weighted by Crippen LogP contribution is 2.45. The predicted octanol–water partition coefficient (Wildman–Crippen LogP) is 8.05. The second kappa shape index (κ2) is 21.4. The fourth-order valence-corrected chi connectivity index (χ4v) is 9.04. The van der Waals surface area contributed by atoms with E-state index in [9.17, 15) is 24.3 Å². The first-order chi connectivity index (χ1) is 31.9. The molecule has 0 spiro atoms. The summed E-state index contributed by atoms with van der Waals surface area (Å²) in [5.41, 5.74) is 10.6. The maximum absolute atomic E-state index is 13.8. The molecule has 3 atom stereocenters. The van der Waals surface area contributed by atoms with Gasteiger partial charge in [0.15, 0.2) is 0 Å². The van der Waals surface area contributed by atoms with E-state index in [4.69, 9.17) is 9.47 Å². The van der Waals surface area contributed by atoms with Crippen molar-refractivity contribution in [3.63, 3.8) is 0 Å². The SMILES string of the molecule is O=C(N[C@@H](Cc1ccccc1)C(=O)NCCCCC(CO)NC(=O)[C@H](Cc1ccccc1)NC(=O)OCC1c2ccccc2-c2ccccc21)OCC1c2ccccc2-c2ccccc21. The number of aliphatic hydroxyl groups excluding tert-OH is 1. The summed E-state index contributed by atoms with van der Waals surface area (Å²) in [6.45, 7) is 0.223. The first kappa shape index (κ1) is 44.4. The molecule has 0 fully saturated rings. The van der Waals surface area contributed by atoms with Gasteiger partial charge in [-0.1, -0.05) is 158 Å². The minimum atomic E-state index is -0.966. The van der Waals surface area contributed by atoms with Gasteiger partial charge in [0.2, 0.25) is 11.8 Å². The van der Waals surface area contributed by atoms with Crippen LogP contribution in [-0.4, -0.2) is 73.6 Å². The highest BCUT2D eigenvalue weighted by molar-refractivity contribution is 5.87. The van der Waals surface area contributed by atoms with E-state index in [-0.39, 0.29) is 50.4 Å². The summed E-state index contributed by atoms with van der Waals surface area (Å²) in [4.78, 5) is 54.0. The summed E-state index contributed by atoms with van der Waals surface area (Å²) in [6.07, 6.45) is 0.636. The zero-order chi connectivity index (χ0) is 45.0. The van der Waals surface area contributed by atoms with Crippen LogP contribution in [0, 0.1) is 0 Å². The van der Waals surface area contributed by atoms with Crippen LogP contribution >= 0.6 is 0 Å². The standard InChI is InChI=1S/C54H54N4O7/c59-33-38(56-52(61)50(32-37-19-5-2-6-20-37)58-54(63)65-35-48-45-28-13-9-24-41(45)42-25-10-14-29-46(42)48)21-15-16-30-55-51(60)49(31-36-17-3-1-4-18-36)57-53(62)64-34-47-43-26-11-7-22-39(43)40-23-8-12-27-44(40)47/h1-14,17-20,22-29,38,47-50,59H,15-16,21,30-35H2,(H,55,60)(H,56,61)(H,57,62)(H,58,63)/t38?,49-,50-/m0/s1. The van der Waals surface area contributed by atoms with Gasteiger partial charge in [-0.15, -0.1) is 0 Å². The lowest BCUT2D eigenvalue weighted by atomic mass is 9.98. The maximum Gasteiger partial charge on any atom is 0.407 e. The molecule has 8 rings (SSSR count). The molecule has 0 saturated heterocycles. The van der Waals surface area contributed by atoms with Crippen molar-refractivity contribution in [1.82, 2.24) is 21.3 Å². The number of unbranched alkanes of at least 4 members (excludes halogenated alkanes) is 1. The molecule has 0 radical (unpaired) electrons. The molecule has 4 amide bonds. The summed E-state index contributed by atoms with van der Waals surface area (Å²) in [7, 11) is 0. The number of nitrogens with one attached hydrogen (secondary N) is 4. The van der Waals surface area contributed by atoms with E-state index >= 15 is 0 Å². The van der Waals surface area contributed by atoms with E-state index in [0.29, 0.717) is 25.8 Å². The Morgan fingerprint density at radius 1 is 0.477 bits per heavy atom. The molecular formula is C54H54N4O7. The number of rotatable bonds is 19. The Kier molecular flexibility index (Phi) is 14.6. The van der Waals surface area contributed by atoms with Crippen molar-refractivity contribution < 1.29 is 33.8 Å². The molecule has 6 aromatic carbocycles. The fraction of sp³-hybridized carbons (Fsp3) is 0.259. The molecule has 2 aliphatic carbocycles. The van der Waals surface area contributed by atoms with Crippen LogP contribution < -0.4 is 21.3 Å². The molecule has 1 unspecified atom stereocenters. The molecule has 2 aliphatic rings. The number of amides is 4. The van der Waals surface area contributed by atoms with Gasteiger partial charge in [-0.25, -0.2) is 9.59 Å². The Balaban J connectivity index is 0.821. The topological polar surface area (TPSA) is 155 Å². The Morgan fingerprint density at radius 2 is 0.862 bits per heavy atom. The summed E-state index contributed by atoms with van der Waals surface area (Å²) in [6, 6.07) is 48.8. The number of ether oxygens (including phenoxy) is 2. The smallest absolute Gasteiger partial charge is 0.407 e. The van der Waals surface area contributed by atoms with Gasteiger partial charge >= 0.3 is 12.2 Å². The van der Waals surface area contributed by atoms with Crippen molar-refractivity contribution in [2.75, 3.05) is 26.4 Å². The average Bonchev–Trinajstić information content (AvgIpc) is 3.84. The van der Waals surface area contributed by atoms with Crippen molar-refractivity contribution in [3.05, 3.63) is 191 Å². The first-order valence-corrected chi connectivity index (χ1v) is 22.4. The number of alkyl carbamates (subject to hydrolysis) is 2. The second-order valence-electron chi connectivity index (χ2n) is 16.6. The lowest BCUT2D eigenvalue weighted by molar-refractivity contribution is -0.124. The Morgan fingerprint density at radius 3 is 1.28 bits per heavy atom. The van der Waals surface area contributed by atoms with Crippen LogP contribution in [0.2, 0.25) is 0 Å². The zero-order valence-electron chi connectivity index (χ0n) is 36.2. The van der Waals surface area contributed by atoms with Gasteiger partial charge < -0.3 is 35.8 Å². The third-order valence-corrected chi connectivity index (χ3v) is 12.3. The minimum absolute atomic E-state index is 0.105. The van der Waals surface area contributed by atoms with E-state index in [0.717, 1.165) is 55.6 Å². The number of aliphatic hydroxyl groups is 1. The van der Waals surface area contributed by atoms with E-state index in [2.05, 4.69) is 57.7 Å². The van der Waals surface area contributed by atoms with Crippen molar-refractivity contribution in [2.24, 2.45) is 0 Å². The molecule has 332 valence electrons. The zero-order valence-corrected chi connectivity index (χ0v) is 36.2. The lowest BCUT2D eigenvalue weighted by Crippen LogP contribution is -2.51. The van der Waals surface area contributed by atoms with Crippen LogP contribution in [0.4, 0.5) is 9.59 Å². The summed E-state index contributed by atoms with van der Waals surface area (Å²) in [5, 5.41) is 21.8. The van der Waals surface area contributed by atoms with Gasteiger partial charge in [-0.2, -0.15) is 0 Å². The molecule has 0 aliphatic heterocycles. The molecule has 6 aromatic rings. The van der Waals surface area contributed by atoms with Crippen LogP contribution in [0.1, 0.15) is 64.5 Å². The van der Waals surface area contributed by atoms with Crippen molar-refractivity contribution in [3.8, 4) is 22.3 Å². The molecule has 65 heavy (non-hydrogen) atoms. The average molecular weight is 871 g/mol. The molecule has 0 bridgehead atoms. The fourth-order valence-electron chi connectivity index (χ4n) is 9.04. The Labute approximate surface area is 379 Å². The van der Waals surface area contributed by atoms with E-state index in [1.807, 2.05) is 121 Å². The summed E-state index contributed by atoms with van der Waals surface area (Å²) < 4.78 is 11.6. The number of hydrogen-bond acceptors (Lipinski definition) is 7. The van der Waals surface area contributed by atoms with Crippen LogP contribution in [0.5, 0.6) is 0 Å². The van der Waals surface area contributed by atoms with Crippen LogP contribution in [0.3, 0.4) is 0 Å². The Hall–Kier alpha value is -7.24. The summed E-state index contributed by atoms with van der Waals surface area (Å²) in [5.74, 6) is -1.05. The number of fused-ring (bicyclic) bond motifs is 6. The highest BCUT2D eigenvalue weighted by atomic mass is 16.6. The normalized spacial score (nSPS) is 13.8. The van der Waals surface area contributed by atoms with Gasteiger partial charge in [0, 0.05) is 31.2 Å². The van der Waals surface area contributed by atoms with E-state index in [1.54, 1.807) is 0 Å².